The van der Waals surface area contributed by atoms with Gasteiger partial charge in [0.2, 0.25) is 0 Å². The molecule has 1 atom stereocenters. The van der Waals surface area contributed by atoms with Gasteiger partial charge in [-0.25, -0.2) is 0 Å². The molecule has 0 bridgehead atoms. The first-order chi connectivity index (χ1) is 10.1. The van der Waals surface area contributed by atoms with Gasteiger partial charge < -0.3 is 0 Å². The van der Waals surface area contributed by atoms with Gasteiger partial charge in [0.1, 0.15) is 0 Å². The molecule has 0 saturated carbocycles. The van der Waals surface area contributed by atoms with E-state index in [9.17, 15) is 0 Å². The van der Waals surface area contributed by atoms with Gasteiger partial charge in [-0.2, -0.15) is 0 Å². The zero-order valence-electron chi connectivity index (χ0n) is 11.4. The van der Waals surface area contributed by atoms with Gasteiger partial charge in [0, 0.05) is 9.50 Å². The summed E-state index contributed by atoms with van der Waals surface area (Å²) in [5, 5.41) is 2.85. The van der Waals surface area contributed by atoms with Crippen molar-refractivity contribution in [3.05, 3.63) is 80.8 Å². The third kappa shape index (κ3) is 2.83. The summed E-state index contributed by atoms with van der Waals surface area (Å²) in [5.41, 5.74) is 3.17. The lowest BCUT2D eigenvalue weighted by molar-refractivity contribution is 1.15. The number of benzene rings is 3. The summed E-state index contributed by atoms with van der Waals surface area (Å²) in [5.74, 6) is 0. The van der Waals surface area contributed by atoms with E-state index in [1.54, 1.807) is 0 Å². The normalized spacial score (nSPS) is 12.6. The van der Waals surface area contributed by atoms with E-state index in [1.807, 2.05) is 43.3 Å². The molecule has 3 rings (SSSR count). The second kappa shape index (κ2) is 6.00. The summed E-state index contributed by atoms with van der Waals surface area (Å²) in [4.78, 5) is 0. The first-order valence-electron chi connectivity index (χ1n) is 6.65. The molecule has 0 aliphatic carbocycles. The molecule has 3 heteroatoms. The van der Waals surface area contributed by atoms with Crippen molar-refractivity contribution in [2.45, 2.75) is 12.3 Å². The summed E-state index contributed by atoms with van der Waals surface area (Å²) in [7, 11) is 0. The Kier molecular flexibility index (Phi) is 4.26. The Morgan fingerprint density at radius 3 is 2.38 bits per heavy atom. The minimum atomic E-state index is -0.221. The van der Waals surface area contributed by atoms with Crippen molar-refractivity contribution in [3.8, 4) is 0 Å². The summed E-state index contributed by atoms with van der Waals surface area (Å²) in [6.07, 6.45) is 0. The van der Waals surface area contributed by atoms with Crippen molar-refractivity contribution in [1.82, 2.24) is 0 Å². The molecule has 1 unspecified atom stereocenters. The number of alkyl halides is 1. The Morgan fingerprint density at radius 1 is 0.952 bits per heavy atom. The molecule has 3 aromatic carbocycles. The molecular weight excluding hydrogens is 367 g/mol. The van der Waals surface area contributed by atoms with Gasteiger partial charge >= 0.3 is 0 Å². The van der Waals surface area contributed by atoms with Crippen LogP contribution in [0.25, 0.3) is 10.8 Å². The first kappa shape index (κ1) is 14.9. The monoisotopic (exact) mass is 378 g/mol. The van der Waals surface area contributed by atoms with Crippen LogP contribution in [0.4, 0.5) is 0 Å². The Balaban J connectivity index is 2.15. The van der Waals surface area contributed by atoms with Crippen molar-refractivity contribution in [3.63, 3.8) is 0 Å². The maximum Gasteiger partial charge on any atom is 0.0841 e. The third-order valence-corrected chi connectivity index (χ3v) is 5.25. The van der Waals surface area contributed by atoms with E-state index in [2.05, 4.69) is 34.1 Å². The standard InChI is InChI=1S/C18H13BrCl2/c1-11-6-7-12(10-17(11)20)18(21)15-8-9-16(19)14-5-3-2-4-13(14)15/h2-10,18H,1H3. The van der Waals surface area contributed by atoms with Gasteiger partial charge in [0.25, 0.3) is 0 Å². The van der Waals surface area contributed by atoms with Crippen LogP contribution >= 0.6 is 39.1 Å². The number of rotatable bonds is 2. The number of fused-ring (bicyclic) bond motifs is 1. The van der Waals surface area contributed by atoms with Gasteiger partial charge in [-0.1, -0.05) is 70.0 Å². The van der Waals surface area contributed by atoms with E-state index in [4.69, 9.17) is 23.2 Å². The van der Waals surface area contributed by atoms with Crippen LogP contribution in [0.3, 0.4) is 0 Å². The third-order valence-electron chi connectivity index (χ3n) is 3.67. The van der Waals surface area contributed by atoms with Gasteiger partial charge in [0.05, 0.1) is 5.38 Å². The molecule has 0 radical (unpaired) electrons. The molecule has 21 heavy (non-hydrogen) atoms. The summed E-state index contributed by atoms with van der Waals surface area (Å²) < 4.78 is 1.08. The minimum Gasteiger partial charge on any atom is -0.113 e. The fourth-order valence-electron chi connectivity index (χ4n) is 2.45. The van der Waals surface area contributed by atoms with Crippen molar-refractivity contribution < 1.29 is 0 Å². The average Bonchev–Trinajstić information content (AvgIpc) is 2.50. The van der Waals surface area contributed by atoms with Gasteiger partial charge in [-0.15, -0.1) is 11.6 Å². The Morgan fingerprint density at radius 2 is 1.67 bits per heavy atom. The van der Waals surface area contributed by atoms with Crippen molar-refractivity contribution >= 4 is 49.9 Å². The Hall–Kier alpha value is -1.02. The molecule has 0 saturated heterocycles. The van der Waals surface area contributed by atoms with Crippen LogP contribution in [0.15, 0.2) is 59.1 Å². The molecule has 0 aromatic heterocycles. The minimum absolute atomic E-state index is 0.221. The topological polar surface area (TPSA) is 0 Å². The fraction of sp³-hybridized carbons (Fsp3) is 0.111. The molecule has 0 fully saturated rings. The molecule has 0 amide bonds. The second-order valence-electron chi connectivity index (χ2n) is 5.05. The highest BCUT2D eigenvalue weighted by molar-refractivity contribution is 9.10. The summed E-state index contributed by atoms with van der Waals surface area (Å²) in [6, 6.07) is 18.4. The van der Waals surface area contributed by atoms with Crippen molar-refractivity contribution in [2.24, 2.45) is 0 Å². The van der Waals surface area contributed by atoms with E-state index < -0.39 is 0 Å². The van der Waals surface area contributed by atoms with E-state index in [0.29, 0.717) is 0 Å². The van der Waals surface area contributed by atoms with Crippen LogP contribution in [-0.2, 0) is 0 Å². The van der Waals surface area contributed by atoms with E-state index in [0.717, 1.165) is 31.6 Å². The molecule has 0 nitrogen and oxygen atoms in total. The lowest BCUT2D eigenvalue weighted by Crippen LogP contribution is -1.95. The predicted octanol–water partition coefficient (Wildman–Crippen LogP) is 6.89. The highest BCUT2D eigenvalue weighted by Crippen LogP contribution is 2.37. The van der Waals surface area contributed by atoms with E-state index in [1.165, 1.54) is 5.39 Å². The number of aryl methyl sites for hydroxylation is 1. The van der Waals surface area contributed by atoms with Crippen LogP contribution in [0.1, 0.15) is 22.1 Å². The maximum atomic E-state index is 6.71. The zero-order chi connectivity index (χ0) is 15.0. The first-order valence-corrected chi connectivity index (χ1v) is 8.26. The SMILES string of the molecule is Cc1ccc(C(Cl)c2ccc(Br)c3ccccc23)cc1Cl. The Labute approximate surface area is 142 Å². The second-order valence-corrected chi connectivity index (χ2v) is 6.75. The summed E-state index contributed by atoms with van der Waals surface area (Å²) in [6.45, 7) is 1.99. The van der Waals surface area contributed by atoms with Crippen molar-refractivity contribution in [2.75, 3.05) is 0 Å². The van der Waals surface area contributed by atoms with Crippen LogP contribution in [0, 0.1) is 6.92 Å². The van der Waals surface area contributed by atoms with Gasteiger partial charge in [-0.05, 0) is 46.5 Å². The van der Waals surface area contributed by atoms with Gasteiger partial charge in [-0.3, -0.25) is 0 Å². The largest absolute Gasteiger partial charge is 0.113 e. The van der Waals surface area contributed by atoms with E-state index in [-0.39, 0.29) is 5.38 Å². The quantitative estimate of drug-likeness (QED) is 0.425. The lowest BCUT2D eigenvalue weighted by Gasteiger charge is -2.15. The average molecular weight is 380 g/mol. The molecule has 0 heterocycles. The molecule has 0 aliphatic heterocycles. The molecular formula is C18H13BrCl2. The summed E-state index contributed by atoms with van der Waals surface area (Å²) >= 11 is 16.5. The van der Waals surface area contributed by atoms with Crippen LogP contribution in [0.2, 0.25) is 5.02 Å². The fourth-order valence-corrected chi connectivity index (χ4v) is 3.45. The van der Waals surface area contributed by atoms with Crippen LogP contribution in [0.5, 0.6) is 0 Å². The maximum absolute atomic E-state index is 6.71. The van der Waals surface area contributed by atoms with Gasteiger partial charge in [0.15, 0.2) is 0 Å². The van der Waals surface area contributed by atoms with Crippen LogP contribution < -0.4 is 0 Å². The van der Waals surface area contributed by atoms with Crippen LogP contribution in [-0.4, -0.2) is 0 Å². The van der Waals surface area contributed by atoms with E-state index >= 15 is 0 Å². The molecule has 106 valence electrons. The molecule has 0 aliphatic rings. The number of halogens is 3. The number of hydrogen-bond donors (Lipinski definition) is 0. The molecule has 0 spiro atoms. The smallest absolute Gasteiger partial charge is 0.0841 e. The zero-order valence-corrected chi connectivity index (χ0v) is 14.5. The predicted molar refractivity (Wildman–Crippen MR) is 95.5 cm³/mol. The van der Waals surface area contributed by atoms with Crippen molar-refractivity contribution in [1.29, 1.82) is 0 Å². The molecule has 0 N–H and O–H groups in total. The number of hydrogen-bond acceptors (Lipinski definition) is 0. The Bertz CT molecular complexity index is 811. The lowest BCUT2D eigenvalue weighted by atomic mass is 9.97. The highest BCUT2D eigenvalue weighted by Gasteiger charge is 2.15. The highest BCUT2D eigenvalue weighted by atomic mass is 79.9. The molecule has 3 aromatic rings.